The van der Waals surface area contributed by atoms with Crippen molar-refractivity contribution in [1.29, 1.82) is 0 Å². The summed E-state index contributed by atoms with van der Waals surface area (Å²) >= 11 is 0. The average Bonchev–Trinajstić information content (AvgIpc) is 3.04. The van der Waals surface area contributed by atoms with E-state index in [1.807, 2.05) is 24.5 Å². The van der Waals surface area contributed by atoms with Crippen LogP contribution in [0.3, 0.4) is 0 Å². The van der Waals surface area contributed by atoms with Gasteiger partial charge in [0.15, 0.2) is 0 Å². The first kappa shape index (κ1) is 17.1. The molecule has 1 aliphatic heterocycles. The van der Waals surface area contributed by atoms with Crippen molar-refractivity contribution in [3.63, 3.8) is 0 Å². The summed E-state index contributed by atoms with van der Waals surface area (Å²) in [7, 11) is 2.17. The molecule has 0 aliphatic carbocycles. The molecule has 1 saturated heterocycles. The van der Waals surface area contributed by atoms with E-state index in [0.29, 0.717) is 12.6 Å². The third-order valence-corrected chi connectivity index (χ3v) is 4.99. The number of hydrogen-bond acceptors (Lipinski definition) is 3. The summed E-state index contributed by atoms with van der Waals surface area (Å²) < 4.78 is 16.1. The van der Waals surface area contributed by atoms with E-state index < -0.39 is 0 Å². The van der Waals surface area contributed by atoms with Crippen molar-refractivity contribution >= 4 is 0 Å². The second-order valence-corrected chi connectivity index (χ2v) is 6.67. The predicted molar refractivity (Wildman–Crippen MR) is 94.1 cm³/mol. The van der Waals surface area contributed by atoms with Gasteiger partial charge in [-0.05, 0) is 39.4 Å². The van der Waals surface area contributed by atoms with Crippen LogP contribution in [0.15, 0.2) is 36.7 Å². The highest BCUT2D eigenvalue weighted by molar-refractivity contribution is 5.17. The van der Waals surface area contributed by atoms with Gasteiger partial charge in [0.25, 0.3) is 0 Å². The number of piperidine rings is 1. The summed E-state index contributed by atoms with van der Waals surface area (Å²) in [6, 6.07) is 7.60. The SMILES string of the molecule is CCn1ccnc1CN(C)[C@H]1CCCN(Cc2ccccc2F)C1. The molecule has 24 heavy (non-hydrogen) atoms. The van der Waals surface area contributed by atoms with Gasteiger partial charge in [-0.3, -0.25) is 9.80 Å². The van der Waals surface area contributed by atoms with Crippen LogP contribution in [0.4, 0.5) is 4.39 Å². The molecule has 130 valence electrons. The Labute approximate surface area is 143 Å². The largest absolute Gasteiger partial charge is 0.334 e. The summed E-state index contributed by atoms with van der Waals surface area (Å²) in [5, 5.41) is 0. The van der Waals surface area contributed by atoms with E-state index in [1.165, 1.54) is 6.42 Å². The fraction of sp³-hybridized carbons (Fsp3) is 0.526. The molecular weight excluding hydrogens is 303 g/mol. The molecule has 1 fully saturated rings. The Hall–Kier alpha value is -1.72. The summed E-state index contributed by atoms with van der Waals surface area (Å²) in [5.41, 5.74) is 0.794. The Balaban J connectivity index is 1.59. The molecule has 2 aromatic rings. The molecule has 2 heterocycles. The van der Waals surface area contributed by atoms with E-state index in [-0.39, 0.29) is 5.82 Å². The summed E-state index contributed by atoms with van der Waals surface area (Å²) in [6.07, 6.45) is 6.26. The van der Waals surface area contributed by atoms with Crippen LogP contribution in [0.2, 0.25) is 0 Å². The Morgan fingerprint density at radius 3 is 2.96 bits per heavy atom. The molecule has 0 bridgehead atoms. The lowest BCUT2D eigenvalue weighted by molar-refractivity contribution is 0.104. The van der Waals surface area contributed by atoms with Crippen molar-refractivity contribution in [3.05, 3.63) is 53.9 Å². The molecule has 5 heteroatoms. The van der Waals surface area contributed by atoms with Gasteiger partial charge in [0.05, 0.1) is 6.54 Å². The van der Waals surface area contributed by atoms with Crippen molar-refractivity contribution in [2.45, 2.75) is 45.4 Å². The van der Waals surface area contributed by atoms with Crippen LogP contribution < -0.4 is 0 Å². The average molecular weight is 330 g/mol. The van der Waals surface area contributed by atoms with Gasteiger partial charge in [-0.25, -0.2) is 9.37 Å². The molecule has 0 amide bonds. The van der Waals surface area contributed by atoms with Crippen LogP contribution >= 0.6 is 0 Å². The van der Waals surface area contributed by atoms with Crippen molar-refractivity contribution in [1.82, 2.24) is 19.4 Å². The molecule has 1 aliphatic rings. The zero-order valence-electron chi connectivity index (χ0n) is 14.7. The Morgan fingerprint density at radius 2 is 2.17 bits per heavy atom. The molecule has 0 unspecified atom stereocenters. The maximum absolute atomic E-state index is 13.9. The third-order valence-electron chi connectivity index (χ3n) is 4.99. The number of aromatic nitrogens is 2. The van der Waals surface area contributed by atoms with Gasteiger partial charge in [0, 0.05) is 43.6 Å². The van der Waals surface area contributed by atoms with Gasteiger partial charge in [-0.1, -0.05) is 18.2 Å². The summed E-state index contributed by atoms with van der Waals surface area (Å²) in [4.78, 5) is 9.24. The topological polar surface area (TPSA) is 24.3 Å². The predicted octanol–water partition coefficient (Wildman–Crippen LogP) is 3.14. The van der Waals surface area contributed by atoms with Crippen molar-refractivity contribution < 1.29 is 4.39 Å². The molecule has 3 rings (SSSR count). The molecule has 4 nitrogen and oxygen atoms in total. The van der Waals surface area contributed by atoms with E-state index >= 15 is 0 Å². The van der Waals surface area contributed by atoms with Gasteiger partial charge < -0.3 is 4.57 Å². The zero-order valence-corrected chi connectivity index (χ0v) is 14.7. The first-order valence-corrected chi connectivity index (χ1v) is 8.83. The molecule has 1 atom stereocenters. The summed E-state index contributed by atoms with van der Waals surface area (Å²) in [5.74, 6) is 1.02. The minimum Gasteiger partial charge on any atom is -0.334 e. The third kappa shape index (κ3) is 4.02. The number of halogens is 1. The van der Waals surface area contributed by atoms with Crippen molar-refractivity contribution in [3.8, 4) is 0 Å². The van der Waals surface area contributed by atoms with Crippen LogP contribution in [0, 0.1) is 5.82 Å². The summed E-state index contributed by atoms with van der Waals surface area (Å²) in [6.45, 7) is 6.68. The molecule has 1 aromatic heterocycles. The van der Waals surface area contributed by atoms with Gasteiger partial charge in [-0.15, -0.1) is 0 Å². The number of benzene rings is 1. The first-order chi connectivity index (χ1) is 11.7. The van der Waals surface area contributed by atoms with E-state index in [4.69, 9.17) is 0 Å². The van der Waals surface area contributed by atoms with Gasteiger partial charge >= 0.3 is 0 Å². The van der Waals surface area contributed by atoms with E-state index in [9.17, 15) is 4.39 Å². The van der Waals surface area contributed by atoms with Crippen LogP contribution in [0.1, 0.15) is 31.2 Å². The second-order valence-electron chi connectivity index (χ2n) is 6.67. The molecular formula is C19H27FN4. The Kier molecular flexibility index (Phi) is 5.63. The van der Waals surface area contributed by atoms with Gasteiger partial charge in [0.1, 0.15) is 11.6 Å². The van der Waals surface area contributed by atoms with E-state index in [0.717, 1.165) is 44.0 Å². The normalized spacial score (nSPS) is 19.1. The monoisotopic (exact) mass is 330 g/mol. The number of imidazole rings is 1. The fourth-order valence-electron chi connectivity index (χ4n) is 3.53. The van der Waals surface area contributed by atoms with Crippen LogP contribution in [-0.2, 0) is 19.6 Å². The first-order valence-electron chi connectivity index (χ1n) is 8.83. The molecule has 0 N–H and O–H groups in total. The minimum atomic E-state index is -0.0991. The highest BCUT2D eigenvalue weighted by Gasteiger charge is 2.24. The maximum Gasteiger partial charge on any atom is 0.127 e. The lowest BCUT2D eigenvalue weighted by atomic mass is 10.0. The quantitative estimate of drug-likeness (QED) is 0.813. The molecule has 0 spiro atoms. The molecule has 1 aromatic carbocycles. The highest BCUT2D eigenvalue weighted by Crippen LogP contribution is 2.19. The van der Waals surface area contributed by atoms with Gasteiger partial charge in [-0.2, -0.15) is 0 Å². The maximum atomic E-state index is 13.9. The van der Waals surface area contributed by atoms with Crippen LogP contribution in [-0.4, -0.2) is 45.5 Å². The standard InChI is InChI=1S/C19H27FN4/c1-3-24-12-10-21-19(24)15-22(2)17-8-6-11-23(14-17)13-16-7-4-5-9-18(16)20/h4-5,7,9-10,12,17H,3,6,8,11,13-15H2,1-2H3/t17-/m0/s1. The number of likely N-dealkylation sites (N-methyl/N-ethyl adjacent to an activating group) is 1. The lowest BCUT2D eigenvalue weighted by Gasteiger charge is -2.37. The lowest BCUT2D eigenvalue weighted by Crippen LogP contribution is -2.46. The smallest absolute Gasteiger partial charge is 0.127 e. The van der Waals surface area contributed by atoms with Crippen molar-refractivity contribution in [2.75, 3.05) is 20.1 Å². The zero-order chi connectivity index (χ0) is 16.9. The second kappa shape index (κ2) is 7.90. The Morgan fingerprint density at radius 1 is 1.33 bits per heavy atom. The molecule has 0 radical (unpaired) electrons. The van der Waals surface area contributed by atoms with Gasteiger partial charge in [0.2, 0.25) is 0 Å². The Bertz CT molecular complexity index is 654. The number of nitrogens with zero attached hydrogens (tertiary/aromatic N) is 4. The fourth-order valence-corrected chi connectivity index (χ4v) is 3.53. The van der Waals surface area contributed by atoms with E-state index in [2.05, 4.69) is 33.3 Å². The number of hydrogen-bond donors (Lipinski definition) is 0. The number of aryl methyl sites for hydroxylation is 1. The minimum absolute atomic E-state index is 0.0991. The van der Waals surface area contributed by atoms with E-state index in [1.54, 1.807) is 12.1 Å². The number of rotatable bonds is 6. The van der Waals surface area contributed by atoms with Crippen LogP contribution in [0.25, 0.3) is 0 Å². The molecule has 0 saturated carbocycles. The van der Waals surface area contributed by atoms with Crippen LogP contribution in [0.5, 0.6) is 0 Å². The number of likely N-dealkylation sites (tertiary alicyclic amines) is 1. The highest BCUT2D eigenvalue weighted by atomic mass is 19.1. The van der Waals surface area contributed by atoms with Crippen molar-refractivity contribution in [2.24, 2.45) is 0 Å².